The number of ether oxygens (including phenoxy) is 3. The number of methoxy groups -OCH3 is 3. The van der Waals surface area contributed by atoms with Gasteiger partial charge in [0.1, 0.15) is 17.2 Å². The van der Waals surface area contributed by atoms with Gasteiger partial charge in [-0.2, -0.15) is 0 Å². The van der Waals surface area contributed by atoms with E-state index in [-0.39, 0.29) is 10.6 Å². The molecule has 2 rings (SSSR count). The highest BCUT2D eigenvalue weighted by Crippen LogP contribution is 2.38. The molecular weight excluding hydrogens is 348 g/mol. The zero-order valence-corrected chi connectivity index (χ0v) is 15.7. The molecule has 0 bridgehead atoms. The Bertz CT molecular complexity index is 773. The van der Waals surface area contributed by atoms with Gasteiger partial charge in [0.05, 0.1) is 26.2 Å². The van der Waals surface area contributed by atoms with Crippen LogP contribution in [0.5, 0.6) is 17.2 Å². The summed E-state index contributed by atoms with van der Waals surface area (Å²) in [5.74, 6) is 1.83. The van der Waals surface area contributed by atoms with Crippen molar-refractivity contribution in [2.45, 2.75) is 17.6 Å². The molecule has 0 amide bonds. The first-order chi connectivity index (χ1) is 11.4. The van der Waals surface area contributed by atoms with Crippen molar-refractivity contribution in [3.63, 3.8) is 0 Å². The highest BCUT2D eigenvalue weighted by atomic mass is 33.1. The molecule has 0 saturated heterocycles. The third-order valence-corrected chi connectivity index (χ3v) is 6.91. The van der Waals surface area contributed by atoms with Crippen molar-refractivity contribution >= 4 is 19.7 Å². The number of benzene rings is 2. The minimum Gasteiger partial charge on any atom is -0.496 e. The van der Waals surface area contributed by atoms with Gasteiger partial charge in [-0.05, 0) is 29.9 Å². The maximum atomic E-state index is 12.5. The van der Waals surface area contributed by atoms with Gasteiger partial charge in [0.15, 0.2) is 0 Å². The van der Waals surface area contributed by atoms with Crippen LogP contribution in [0.3, 0.4) is 0 Å². The molecule has 0 spiro atoms. The SMILES string of the molecule is COc1cc(OC)c(CSS(=O)(=O)c2ccc(C)cc2)c(OC)c1. The summed E-state index contributed by atoms with van der Waals surface area (Å²) in [7, 11) is 1.96. The van der Waals surface area contributed by atoms with Crippen LogP contribution < -0.4 is 14.2 Å². The lowest BCUT2D eigenvalue weighted by Gasteiger charge is -2.14. The van der Waals surface area contributed by atoms with E-state index in [4.69, 9.17) is 14.2 Å². The lowest BCUT2D eigenvalue weighted by Crippen LogP contribution is -2.00. The van der Waals surface area contributed by atoms with Gasteiger partial charge in [-0.1, -0.05) is 17.7 Å². The molecule has 0 aliphatic carbocycles. The third-order valence-electron chi connectivity index (χ3n) is 3.49. The zero-order valence-electron chi connectivity index (χ0n) is 14.0. The molecule has 24 heavy (non-hydrogen) atoms. The van der Waals surface area contributed by atoms with Crippen molar-refractivity contribution in [2.75, 3.05) is 21.3 Å². The summed E-state index contributed by atoms with van der Waals surface area (Å²) in [5, 5.41) is 0. The Morgan fingerprint density at radius 3 is 1.92 bits per heavy atom. The van der Waals surface area contributed by atoms with Gasteiger partial charge in [0, 0.05) is 23.4 Å². The predicted molar refractivity (Wildman–Crippen MR) is 95.8 cm³/mol. The van der Waals surface area contributed by atoms with E-state index in [1.54, 1.807) is 43.5 Å². The Balaban J connectivity index is 2.29. The van der Waals surface area contributed by atoms with Gasteiger partial charge < -0.3 is 14.2 Å². The van der Waals surface area contributed by atoms with E-state index in [0.717, 1.165) is 16.4 Å². The van der Waals surface area contributed by atoms with Crippen LogP contribution in [0, 0.1) is 6.92 Å². The van der Waals surface area contributed by atoms with Gasteiger partial charge in [-0.3, -0.25) is 0 Å². The monoisotopic (exact) mass is 368 g/mol. The summed E-state index contributed by atoms with van der Waals surface area (Å²) in [5.41, 5.74) is 1.68. The van der Waals surface area contributed by atoms with E-state index < -0.39 is 8.87 Å². The van der Waals surface area contributed by atoms with Crippen LogP contribution in [0.25, 0.3) is 0 Å². The average Bonchev–Trinajstić information content (AvgIpc) is 2.59. The minimum absolute atomic E-state index is 0.201. The molecule has 0 fully saturated rings. The van der Waals surface area contributed by atoms with E-state index in [9.17, 15) is 8.42 Å². The summed E-state index contributed by atoms with van der Waals surface area (Å²) in [4.78, 5) is 0.282. The van der Waals surface area contributed by atoms with Gasteiger partial charge in [-0.15, -0.1) is 0 Å². The molecule has 0 aromatic heterocycles. The van der Waals surface area contributed by atoms with Crippen LogP contribution in [0.15, 0.2) is 41.3 Å². The second-order valence-electron chi connectivity index (χ2n) is 5.04. The van der Waals surface area contributed by atoms with E-state index in [1.165, 1.54) is 14.2 Å². The third kappa shape index (κ3) is 4.15. The van der Waals surface area contributed by atoms with Crippen molar-refractivity contribution in [2.24, 2.45) is 0 Å². The van der Waals surface area contributed by atoms with Crippen molar-refractivity contribution in [1.82, 2.24) is 0 Å². The largest absolute Gasteiger partial charge is 0.496 e. The first-order valence-electron chi connectivity index (χ1n) is 7.16. The smallest absolute Gasteiger partial charge is 0.230 e. The molecule has 130 valence electrons. The molecule has 0 saturated carbocycles. The summed E-state index contributed by atoms with van der Waals surface area (Å²) >= 11 is 0. The Labute approximate surface area is 146 Å². The van der Waals surface area contributed by atoms with Crippen LogP contribution in [0.1, 0.15) is 11.1 Å². The van der Waals surface area contributed by atoms with Gasteiger partial charge in [-0.25, -0.2) is 8.42 Å². The lowest BCUT2D eigenvalue weighted by molar-refractivity contribution is 0.371. The number of hydrogen-bond donors (Lipinski definition) is 0. The number of aryl methyl sites for hydroxylation is 1. The van der Waals surface area contributed by atoms with E-state index in [2.05, 4.69) is 0 Å². The summed E-state index contributed by atoms with van der Waals surface area (Å²) in [6.45, 7) is 1.91. The Morgan fingerprint density at radius 2 is 1.46 bits per heavy atom. The highest BCUT2D eigenvalue weighted by Gasteiger charge is 2.20. The fourth-order valence-corrected chi connectivity index (χ4v) is 4.85. The molecule has 0 atom stereocenters. The van der Waals surface area contributed by atoms with E-state index >= 15 is 0 Å². The van der Waals surface area contributed by atoms with Crippen LogP contribution >= 0.6 is 10.8 Å². The predicted octanol–water partition coefficient (Wildman–Crippen LogP) is 3.64. The summed E-state index contributed by atoms with van der Waals surface area (Å²) < 4.78 is 40.9. The van der Waals surface area contributed by atoms with Crippen molar-refractivity contribution < 1.29 is 22.6 Å². The molecule has 0 radical (unpaired) electrons. The maximum absolute atomic E-state index is 12.5. The topological polar surface area (TPSA) is 61.8 Å². The van der Waals surface area contributed by atoms with Gasteiger partial charge in [0.2, 0.25) is 8.87 Å². The van der Waals surface area contributed by atoms with E-state index in [1.807, 2.05) is 6.92 Å². The molecule has 7 heteroatoms. The first-order valence-corrected chi connectivity index (χ1v) is 10.1. The fourth-order valence-electron chi connectivity index (χ4n) is 2.13. The maximum Gasteiger partial charge on any atom is 0.230 e. The van der Waals surface area contributed by atoms with Gasteiger partial charge in [0.25, 0.3) is 0 Å². The van der Waals surface area contributed by atoms with Crippen LogP contribution in [0.4, 0.5) is 0 Å². The average molecular weight is 368 g/mol. The molecule has 0 heterocycles. The molecule has 5 nitrogen and oxygen atoms in total. The summed E-state index contributed by atoms with van der Waals surface area (Å²) in [6, 6.07) is 10.2. The normalized spacial score (nSPS) is 11.2. The summed E-state index contributed by atoms with van der Waals surface area (Å²) in [6.07, 6.45) is 0. The Kier molecular flexibility index (Phi) is 6.01. The van der Waals surface area contributed by atoms with E-state index in [0.29, 0.717) is 22.8 Å². The second-order valence-corrected chi connectivity index (χ2v) is 8.97. The van der Waals surface area contributed by atoms with Crippen LogP contribution in [-0.4, -0.2) is 29.7 Å². The molecule has 0 unspecified atom stereocenters. The molecule has 2 aromatic carbocycles. The second kappa shape index (κ2) is 7.81. The fraction of sp³-hybridized carbons (Fsp3) is 0.294. The standard InChI is InChI=1S/C17H20O5S2/c1-12-5-7-14(8-6-12)24(18,19)23-11-15-16(21-3)9-13(20-2)10-17(15)22-4/h5-10H,11H2,1-4H3. The zero-order chi connectivity index (χ0) is 17.7. The van der Waals surface area contributed by atoms with Crippen molar-refractivity contribution in [3.05, 3.63) is 47.5 Å². The first kappa shape index (κ1) is 18.5. The number of hydrogen-bond acceptors (Lipinski definition) is 6. The Hall–Kier alpha value is -1.86. The van der Waals surface area contributed by atoms with Crippen LogP contribution in [-0.2, 0) is 14.6 Å². The molecular formula is C17H20O5S2. The molecule has 2 aromatic rings. The lowest BCUT2D eigenvalue weighted by atomic mass is 10.2. The molecule has 0 N–H and O–H groups in total. The van der Waals surface area contributed by atoms with Gasteiger partial charge >= 0.3 is 0 Å². The van der Waals surface area contributed by atoms with Crippen LogP contribution in [0.2, 0.25) is 0 Å². The van der Waals surface area contributed by atoms with Crippen molar-refractivity contribution in [3.8, 4) is 17.2 Å². The highest BCUT2D eigenvalue weighted by molar-refractivity contribution is 8.71. The number of rotatable bonds is 7. The minimum atomic E-state index is -3.47. The van der Waals surface area contributed by atoms with Crippen molar-refractivity contribution in [1.29, 1.82) is 0 Å². The Morgan fingerprint density at radius 1 is 0.917 bits per heavy atom. The molecule has 0 aliphatic heterocycles. The quantitative estimate of drug-likeness (QED) is 0.695. The molecule has 0 aliphatic rings.